The second kappa shape index (κ2) is 10.3. The van der Waals surface area contributed by atoms with E-state index >= 15 is 0 Å². The normalized spacial score (nSPS) is 11.3. The standard InChI is InChI=1S/C19H29N7O/c1-5-17-24-23-14-26(17)12-11-21-19(20-6-2)22-13-15-7-9-16(10-8-15)18(27)25(3)4/h7-10,14H,5-6,11-13H2,1-4H3,(H2,20,21,22). The zero-order valence-electron chi connectivity index (χ0n) is 16.6. The first-order valence-electron chi connectivity index (χ1n) is 9.24. The van der Waals surface area contributed by atoms with Crippen molar-refractivity contribution < 1.29 is 4.79 Å². The molecular weight excluding hydrogens is 342 g/mol. The lowest BCUT2D eigenvalue weighted by molar-refractivity contribution is 0.0827. The van der Waals surface area contributed by atoms with E-state index < -0.39 is 0 Å². The van der Waals surface area contributed by atoms with E-state index in [0.29, 0.717) is 12.1 Å². The fraction of sp³-hybridized carbons (Fsp3) is 0.474. The molecular formula is C19H29N7O. The molecule has 0 spiro atoms. The molecule has 8 heteroatoms. The Morgan fingerprint density at radius 1 is 1.19 bits per heavy atom. The Bertz CT molecular complexity index is 750. The van der Waals surface area contributed by atoms with E-state index in [-0.39, 0.29) is 5.91 Å². The molecule has 146 valence electrons. The van der Waals surface area contributed by atoms with E-state index in [4.69, 9.17) is 0 Å². The van der Waals surface area contributed by atoms with Crippen molar-refractivity contribution in [3.05, 3.63) is 47.5 Å². The van der Waals surface area contributed by atoms with Crippen LogP contribution in [0.1, 0.15) is 35.6 Å². The van der Waals surface area contributed by atoms with Crippen molar-refractivity contribution in [1.29, 1.82) is 0 Å². The summed E-state index contributed by atoms with van der Waals surface area (Å²) in [7, 11) is 3.50. The average Bonchev–Trinajstić information content (AvgIpc) is 3.13. The molecule has 0 fully saturated rings. The molecule has 1 heterocycles. The number of carbonyl (C=O) groups excluding carboxylic acids is 1. The van der Waals surface area contributed by atoms with Crippen LogP contribution in [0.3, 0.4) is 0 Å². The lowest BCUT2D eigenvalue weighted by atomic mass is 10.1. The summed E-state index contributed by atoms with van der Waals surface area (Å²) in [6, 6.07) is 7.56. The summed E-state index contributed by atoms with van der Waals surface area (Å²) in [5, 5.41) is 14.6. The molecule has 0 aliphatic rings. The first-order chi connectivity index (χ1) is 13.0. The van der Waals surface area contributed by atoms with Crippen LogP contribution in [0.5, 0.6) is 0 Å². The Kier molecular flexibility index (Phi) is 7.79. The molecule has 27 heavy (non-hydrogen) atoms. The zero-order valence-corrected chi connectivity index (χ0v) is 16.6. The molecule has 0 aliphatic carbocycles. The van der Waals surface area contributed by atoms with Gasteiger partial charge in [-0.25, -0.2) is 4.99 Å². The lowest BCUT2D eigenvalue weighted by Crippen LogP contribution is -2.38. The number of aromatic nitrogens is 3. The first-order valence-corrected chi connectivity index (χ1v) is 9.24. The highest BCUT2D eigenvalue weighted by Gasteiger charge is 2.07. The number of hydrogen-bond donors (Lipinski definition) is 2. The molecule has 0 aliphatic heterocycles. The van der Waals surface area contributed by atoms with Gasteiger partial charge in [0.05, 0.1) is 6.54 Å². The summed E-state index contributed by atoms with van der Waals surface area (Å²) in [5.41, 5.74) is 1.73. The highest BCUT2D eigenvalue weighted by atomic mass is 16.2. The number of hydrogen-bond acceptors (Lipinski definition) is 4. The molecule has 0 saturated heterocycles. The Balaban J connectivity index is 1.91. The highest BCUT2D eigenvalue weighted by molar-refractivity contribution is 5.93. The van der Waals surface area contributed by atoms with E-state index in [2.05, 4.69) is 32.7 Å². The molecule has 2 rings (SSSR count). The number of amides is 1. The van der Waals surface area contributed by atoms with Crippen LogP contribution in [-0.4, -0.2) is 58.7 Å². The van der Waals surface area contributed by atoms with E-state index in [9.17, 15) is 4.79 Å². The van der Waals surface area contributed by atoms with Crippen molar-refractivity contribution in [3.63, 3.8) is 0 Å². The minimum absolute atomic E-state index is 0.000460. The van der Waals surface area contributed by atoms with Crippen molar-refractivity contribution in [2.75, 3.05) is 27.2 Å². The number of nitrogens with one attached hydrogen (secondary N) is 2. The number of benzene rings is 1. The van der Waals surface area contributed by atoms with Crippen LogP contribution in [0, 0.1) is 0 Å². The predicted octanol–water partition coefficient (Wildman–Crippen LogP) is 1.30. The number of guanidine groups is 1. The summed E-state index contributed by atoms with van der Waals surface area (Å²) in [5.74, 6) is 1.74. The van der Waals surface area contributed by atoms with Crippen LogP contribution in [-0.2, 0) is 19.5 Å². The molecule has 2 N–H and O–H groups in total. The molecule has 1 aromatic heterocycles. The highest BCUT2D eigenvalue weighted by Crippen LogP contribution is 2.07. The van der Waals surface area contributed by atoms with Gasteiger partial charge >= 0.3 is 0 Å². The minimum Gasteiger partial charge on any atom is -0.357 e. The number of rotatable bonds is 8. The van der Waals surface area contributed by atoms with Crippen LogP contribution in [0.15, 0.2) is 35.6 Å². The summed E-state index contributed by atoms with van der Waals surface area (Å²) in [6.45, 7) is 6.94. The van der Waals surface area contributed by atoms with Gasteiger partial charge in [-0.3, -0.25) is 4.79 Å². The van der Waals surface area contributed by atoms with Gasteiger partial charge in [0.25, 0.3) is 5.91 Å². The maximum absolute atomic E-state index is 11.9. The number of nitrogens with zero attached hydrogens (tertiary/aromatic N) is 5. The summed E-state index contributed by atoms with van der Waals surface area (Å²) >= 11 is 0. The van der Waals surface area contributed by atoms with Gasteiger partial charge in [0, 0.05) is 45.7 Å². The third-order valence-corrected chi connectivity index (χ3v) is 4.03. The van der Waals surface area contributed by atoms with Crippen molar-refractivity contribution in [1.82, 2.24) is 30.3 Å². The van der Waals surface area contributed by atoms with Crippen LogP contribution < -0.4 is 10.6 Å². The Morgan fingerprint density at radius 3 is 2.56 bits per heavy atom. The van der Waals surface area contributed by atoms with E-state index in [0.717, 1.165) is 43.4 Å². The third-order valence-electron chi connectivity index (χ3n) is 4.03. The van der Waals surface area contributed by atoms with Gasteiger partial charge in [-0.05, 0) is 24.6 Å². The Labute approximate surface area is 160 Å². The van der Waals surface area contributed by atoms with Gasteiger partial charge < -0.3 is 20.1 Å². The quantitative estimate of drug-likeness (QED) is 0.539. The van der Waals surface area contributed by atoms with Crippen molar-refractivity contribution >= 4 is 11.9 Å². The van der Waals surface area contributed by atoms with E-state index in [1.165, 1.54) is 0 Å². The van der Waals surface area contributed by atoms with E-state index in [1.807, 2.05) is 35.8 Å². The summed E-state index contributed by atoms with van der Waals surface area (Å²) in [6.07, 6.45) is 2.61. The maximum Gasteiger partial charge on any atom is 0.253 e. The summed E-state index contributed by atoms with van der Waals surface area (Å²) in [4.78, 5) is 18.1. The lowest BCUT2D eigenvalue weighted by Gasteiger charge is -2.12. The smallest absolute Gasteiger partial charge is 0.253 e. The number of aliphatic imine (C=N–C) groups is 1. The first kappa shape index (κ1) is 20.4. The Morgan fingerprint density at radius 2 is 1.93 bits per heavy atom. The predicted molar refractivity (Wildman–Crippen MR) is 107 cm³/mol. The molecule has 0 unspecified atom stereocenters. The van der Waals surface area contributed by atoms with Crippen molar-refractivity contribution in [2.45, 2.75) is 33.4 Å². The molecule has 0 saturated carbocycles. The number of aryl methyl sites for hydroxylation is 1. The second-order valence-corrected chi connectivity index (χ2v) is 6.31. The van der Waals surface area contributed by atoms with Gasteiger partial charge in [-0.2, -0.15) is 0 Å². The molecule has 1 aromatic carbocycles. The van der Waals surface area contributed by atoms with Crippen molar-refractivity contribution in [2.24, 2.45) is 4.99 Å². The van der Waals surface area contributed by atoms with Crippen LogP contribution in [0.25, 0.3) is 0 Å². The molecule has 2 aromatic rings. The van der Waals surface area contributed by atoms with Gasteiger partial charge in [0.15, 0.2) is 5.96 Å². The second-order valence-electron chi connectivity index (χ2n) is 6.31. The van der Waals surface area contributed by atoms with Crippen molar-refractivity contribution in [3.8, 4) is 0 Å². The van der Waals surface area contributed by atoms with E-state index in [1.54, 1.807) is 25.3 Å². The zero-order chi connectivity index (χ0) is 19.6. The van der Waals surface area contributed by atoms with Crippen LogP contribution in [0.4, 0.5) is 0 Å². The average molecular weight is 371 g/mol. The van der Waals surface area contributed by atoms with Gasteiger partial charge in [0.2, 0.25) is 0 Å². The van der Waals surface area contributed by atoms with Gasteiger partial charge in [0.1, 0.15) is 12.2 Å². The Hall–Kier alpha value is -2.90. The SMILES string of the molecule is CCNC(=NCc1ccc(C(=O)N(C)C)cc1)NCCn1cnnc1CC. The number of carbonyl (C=O) groups is 1. The molecule has 1 amide bonds. The van der Waals surface area contributed by atoms with Crippen LogP contribution >= 0.6 is 0 Å². The summed E-state index contributed by atoms with van der Waals surface area (Å²) < 4.78 is 2.04. The van der Waals surface area contributed by atoms with Gasteiger partial charge in [-0.15, -0.1) is 10.2 Å². The largest absolute Gasteiger partial charge is 0.357 e. The molecule has 0 atom stereocenters. The minimum atomic E-state index is 0.000460. The fourth-order valence-electron chi connectivity index (χ4n) is 2.56. The molecule has 0 radical (unpaired) electrons. The monoisotopic (exact) mass is 371 g/mol. The molecule has 0 bridgehead atoms. The molecule has 8 nitrogen and oxygen atoms in total. The van der Waals surface area contributed by atoms with Gasteiger partial charge in [-0.1, -0.05) is 19.1 Å². The fourth-order valence-corrected chi connectivity index (χ4v) is 2.56. The van der Waals surface area contributed by atoms with Crippen LogP contribution in [0.2, 0.25) is 0 Å². The maximum atomic E-state index is 11.9. The third kappa shape index (κ3) is 6.09. The topological polar surface area (TPSA) is 87.4 Å².